The van der Waals surface area contributed by atoms with Gasteiger partial charge in [0.2, 0.25) is 11.8 Å². The molecular weight excluding hydrogens is 356 g/mol. The molecule has 8 heteroatoms. The lowest BCUT2D eigenvalue weighted by Crippen LogP contribution is -2.47. The molecule has 0 unspecified atom stereocenters. The maximum absolute atomic E-state index is 12.2. The Morgan fingerprint density at radius 2 is 1.81 bits per heavy atom. The van der Waals surface area contributed by atoms with Crippen LogP contribution in [0.2, 0.25) is 5.02 Å². The number of rotatable bonds is 8. The lowest BCUT2D eigenvalue weighted by Gasteiger charge is -2.20. The molecule has 1 aromatic rings. The molecule has 0 aliphatic carbocycles. The topological polar surface area (TPSA) is 90.5 Å². The van der Waals surface area contributed by atoms with Gasteiger partial charge in [-0.3, -0.25) is 19.8 Å². The number of amides is 4. The highest BCUT2D eigenvalue weighted by Gasteiger charge is 2.16. The van der Waals surface area contributed by atoms with Gasteiger partial charge in [-0.15, -0.1) is 0 Å². The van der Waals surface area contributed by atoms with Crippen molar-refractivity contribution in [2.45, 2.75) is 40.2 Å². The summed E-state index contributed by atoms with van der Waals surface area (Å²) < 4.78 is 0. The van der Waals surface area contributed by atoms with Gasteiger partial charge in [-0.1, -0.05) is 31.5 Å². The first-order valence-electron chi connectivity index (χ1n) is 8.63. The van der Waals surface area contributed by atoms with Gasteiger partial charge in [0.05, 0.1) is 13.1 Å². The average molecular weight is 383 g/mol. The van der Waals surface area contributed by atoms with E-state index in [2.05, 4.69) is 16.0 Å². The molecule has 0 spiro atoms. The van der Waals surface area contributed by atoms with Crippen LogP contribution in [-0.2, 0) is 9.59 Å². The molecule has 0 bridgehead atoms. The number of hydrogen-bond acceptors (Lipinski definition) is 4. The summed E-state index contributed by atoms with van der Waals surface area (Å²) in [4.78, 5) is 37.5. The molecule has 0 saturated heterocycles. The van der Waals surface area contributed by atoms with E-state index in [1.807, 2.05) is 33.8 Å². The van der Waals surface area contributed by atoms with Crippen LogP contribution >= 0.6 is 11.6 Å². The molecule has 0 heterocycles. The van der Waals surface area contributed by atoms with Gasteiger partial charge in [-0.05, 0) is 44.5 Å². The first-order chi connectivity index (χ1) is 12.2. The molecule has 26 heavy (non-hydrogen) atoms. The van der Waals surface area contributed by atoms with Gasteiger partial charge >= 0.3 is 6.03 Å². The fourth-order valence-corrected chi connectivity index (χ4v) is 2.30. The minimum Gasteiger partial charge on any atom is -0.335 e. The number of aryl methyl sites for hydroxylation is 1. The highest BCUT2D eigenvalue weighted by atomic mass is 35.5. The minimum absolute atomic E-state index is 0.0169. The maximum Gasteiger partial charge on any atom is 0.321 e. The van der Waals surface area contributed by atoms with Gasteiger partial charge in [0, 0.05) is 16.8 Å². The SMILES string of the molecule is CC[C@H](C)NC(=O)NC(=O)CN(CC)CC(=O)Nc1cc(Cl)ccc1C. The molecule has 0 aliphatic heterocycles. The number of halogens is 1. The third kappa shape index (κ3) is 7.84. The Morgan fingerprint density at radius 1 is 1.15 bits per heavy atom. The summed E-state index contributed by atoms with van der Waals surface area (Å²) >= 11 is 5.94. The van der Waals surface area contributed by atoms with Gasteiger partial charge in [-0.2, -0.15) is 0 Å². The van der Waals surface area contributed by atoms with Crippen LogP contribution < -0.4 is 16.0 Å². The zero-order valence-corrected chi connectivity index (χ0v) is 16.4. The lowest BCUT2D eigenvalue weighted by atomic mass is 10.2. The molecule has 0 fully saturated rings. The zero-order valence-electron chi connectivity index (χ0n) is 15.7. The van der Waals surface area contributed by atoms with Gasteiger partial charge in [-0.25, -0.2) is 4.79 Å². The van der Waals surface area contributed by atoms with E-state index in [9.17, 15) is 14.4 Å². The van der Waals surface area contributed by atoms with E-state index in [0.717, 1.165) is 12.0 Å². The van der Waals surface area contributed by atoms with Crippen LogP contribution in [0.5, 0.6) is 0 Å². The van der Waals surface area contributed by atoms with Crippen LogP contribution in [0.15, 0.2) is 18.2 Å². The summed E-state index contributed by atoms with van der Waals surface area (Å²) in [5.74, 6) is -0.714. The first kappa shape index (κ1) is 21.9. The second kappa shape index (κ2) is 10.8. The van der Waals surface area contributed by atoms with E-state index < -0.39 is 11.9 Å². The molecular formula is C18H27ClN4O3. The molecule has 0 saturated carbocycles. The van der Waals surface area contributed by atoms with Crippen LogP contribution in [0, 0.1) is 6.92 Å². The predicted octanol–water partition coefficient (Wildman–Crippen LogP) is 2.53. The van der Waals surface area contributed by atoms with Crippen LogP contribution in [0.25, 0.3) is 0 Å². The standard InChI is InChI=1S/C18H27ClN4O3/c1-5-13(4)20-18(26)22-17(25)11-23(6-2)10-16(24)21-15-9-14(19)8-7-12(15)3/h7-9,13H,5-6,10-11H2,1-4H3,(H,21,24)(H2,20,22,25,26)/t13-/m0/s1. The highest BCUT2D eigenvalue weighted by Crippen LogP contribution is 2.20. The number of imide groups is 1. The largest absolute Gasteiger partial charge is 0.335 e. The molecule has 0 aromatic heterocycles. The second-order valence-electron chi connectivity index (χ2n) is 6.14. The third-order valence-corrected chi connectivity index (χ3v) is 4.13. The number of urea groups is 1. The number of nitrogens with zero attached hydrogens (tertiary/aromatic N) is 1. The Bertz CT molecular complexity index is 651. The Balaban J connectivity index is 2.52. The summed E-state index contributed by atoms with van der Waals surface area (Å²) in [6.07, 6.45) is 0.770. The minimum atomic E-state index is -0.528. The summed E-state index contributed by atoms with van der Waals surface area (Å²) in [6.45, 7) is 7.96. The van der Waals surface area contributed by atoms with E-state index in [-0.39, 0.29) is 25.0 Å². The molecule has 1 rings (SSSR count). The van der Waals surface area contributed by atoms with E-state index in [1.165, 1.54) is 0 Å². The zero-order chi connectivity index (χ0) is 19.7. The van der Waals surface area contributed by atoms with Crippen molar-refractivity contribution in [2.24, 2.45) is 0 Å². The molecule has 1 aromatic carbocycles. The van der Waals surface area contributed by atoms with Gasteiger partial charge in [0.1, 0.15) is 0 Å². The van der Waals surface area contributed by atoms with E-state index in [1.54, 1.807) is 17.0 Å². The summed E-state index contributed by atoms with van der Waals surface area (Å²) in [5, 5.41) is 8.25. The highest BCUT2D eigenvalue weighted by molar-refractivity contribution is 6.31. The van der Waals surface area contributed by atoms with Crippen molar-refractivity contribution in [1.29, 1.82) is 0 Å². The quantitative estimate of drug-likeness (QED) is 0.644. The molecule has 0 aliphatic rings. The third-order valence-electron chi connectivity index (χ3n) is 3.90. The van der Waals surface area contributed by atoms with Crippen LogP contribution in [-0.4, -0.2) is 48.4 Å². The molecule has 4 amide bonds. The second-order valence-corrected chi connectivity index (χ2v) is 6.58. The molecule has 1 atom stereocenters. The predicted molar refractivity (Wildman–Crippen MR) is 103 cm³/mol. The van der Waals surface area contributed by atoms with E-state index in [0.29, 0.717) is 17.3 Å². The van der Waals surface area contributed by atoms with Gasteiger partial charge < -0.3 is 10.6 Å². The van der Waals surface area contributed by atoms with Crippen LogP contribution in [0.3, 0.4) is 0 Å². The van der Waals surface area contributed by atoms with Crippen molar-refractivity contribution in [3.05, 3.63) is 28.8 Å². The Hall–Kier alpha value is -2.12. The Morgan fingerprint density at radius 3 is 2.42 bits per heavy atom. The van der Waals surface area contributed by atoms with Crippen LogP contribution in [0.1, 0.15) is 32.8 Å². The molecule has 0 radical (unpaired) electrons. The van der Waals surface area contributed by atoms with Crippen molar-refractivity contribution in [3.63, 3.8) is 0 Å². The summed E-state index contributed by atoms with van der Waals surface area (Å²) in [7, 11) is 0. The fraction of sp³-hybridized carbons (Fsp3) is 0.500. The van der Waals surface area contributed by atoms with Crippen molar-refractivity contribution in [3.8, 4) is 0 Å². The lowest BCUT2D eigenvalue weighted by molar-refractivity contribution is -0.122. The van der Waals surface area contributed by atoms with Crippen molar-refractivity contribution in [2.75, 3.05) is 25.0 Å². The Kier molecular flexibility index (Phi) is 9.09. The van der Waals surface area contributed by atoms with Gasteiger partial charge in [0.25, 0.3) is 0 Å². The van der Waals surface area contributed by atoms with Crippen molar-refractivity contribution >= 4 is 35.1 Å². The smallest absolute Gasteiger partial charge is 0.321 e. The monoisotopic (exact) mass is 382 g/mol. The average Bonchev–Trinajstić information content (AvgIpc) is 2.57. The number of carbonyl (C=O) groups excluding carboxylic acids is 3. The van der Waals surface area contributed by atoms with Crippen molar-refractivity contribution < 1.29 is 14.4 Å². The normalized spacial score (nSPS) is 11.8. The number of likely N-dealkylation sites (N-methyl/N-ethyl adjacent to an activating group) is 1. The summed E-state index contributed by atoms with van der Waals surface area (Å²) in [5.41, 5.74) is 1.53. The molecule has 3 N–H and O–H groups in total. The summed E-state index contributed by atoms with van der Waals surface area (Å²) in [6, 6.07) is 4.70. The number of anilines is 1. The van der Waals surface area contributed by atoms with Crippen LogP contribution in [0.4, 0.5) is 10.5 Å². The van der Waals surface area contributed by atoms with E-state index in [4.69, 9.17) is 11.6 Å². The van der Waals surface area contributed by atoms with Gasteiger partial charge in [0.15, 0.2) is 0 Å². The number of hydrogen-bond donors (Lipinski definition) is 3. The number of carbonyl (C=O) groups is 3. The van der Waals surface area contributed by atoms with E-state index >= 15 is 0 Å². The van der Waals surface area contributed by atoms with Crippen molar-refractivity contribution in [1.82, 2.24) is 15.5 Å². The fourth-order valence-electron chi connectivity index (χ4n) is 2.13. The first-order valence-corrected chi connectivity index (χ1v) is 9.01. The molecule has 7 nitrogen and oxygen atoms in total. The molecule has 144 valence electrons. The number of benzene rings is 1. The number of nitrogens with one attached hydrogen (secondary N) is 3. The maximum atomic E-state index is 12.2. The Labute approximate surface area is 159 Å².